The van der Waals surface area contributed by atoms with Crippen molar-refractivity contribution in [1.29, 1.82) is 0 Å². The summed E-state index contributed by atoms with van der Waals surface area (Å²) in [6, 6.07) is 5.04. The van der Waals surface area contributed by atoms with E-state index in [1.165, 1.54) is 18.3 Å². The van der Waals surface area contributed by atoms with Crippen LogP contribution in [0.4, 0.5) is 16.2 Å². The van der Waals surface area contributed by atoms with E-state index >= 15 is 0 Å². The molecule has 1 fully saturated rings. The average Bonchev–Trinajstić information content (AvgIpc) is 2.66. The van der Waals surface area contributed by atoms with Crippen molar-refractivity contribution in [1.82, 2.24) is 10.3 Å². The number of phenols is 1. The largest absolute Gasteiger partial charge is 0.504 e. The molecule has 1 aromatic carbocycles. The lowest BCUT2D eigenvalue weighted by Crippen LogP contribution is -2.38. The summed E-state index contributed by atoms with van der Waals surface area (Å²) >= 11 is 12.0. The van der Waals surface area contributed by atoms with Crippen molar-refractivity contribution in [2.45, 2.75) is 23.0 Å². The van der Waals surface area contributed by atoms with Crippen LogP contribution in [-0.2, 0) is 9.84 Å². The van der Waals surface area contributed by atoms with Gasteiger partial charge in [0, 0.05) is 12.7 Å². The Balaban J connectivity index is 1.86. The number of carbonyl (C=O) groups is 1. The van der Waals surface area contributed by atoms with Crippen LogP contribution < -0.4 is 16.0 Å². The molecular formula is C17H18Cl2N4O4S. The van der Waals surface area contributed by atoms with Gasteiger partial charge in [-0.05, 0) is 43.7 Å². The number of halogens is 2. The molecule has 1 aliphatic rings. The minimum Gasteiger partial charge on any atom is -0.504 e. The van der Waals surface area contributed by atoms with Crippen molar-refractivity contribution in [3.8, 4) is 5.75 Å². The topological polar surface area (TPSA) is 120 Å². The SMILES string of the molecule is O=C(Nc1cccnc1Cl)Nc1ccc(Cl)c(S(=O)(=O)C2CCCNC2)c1O. The van der Waals surface area contributed by atoms with Gasteiger partial charge < -0.3 is 21.1 Å². The number of amides is 2. The lowest BCUT2D eigenvalue weighted by molar-refractivity contribution is 0.262. The maximum Gasteiger partial charge on any atom is 0.323 e. The number of sulfone groups is 1. The molecule has 2 aromatic rings. The molecule has 1 saturated heterocycles. The van der Waals surface area contributed by atoms with Crippen LogP contribution in [0.1, 0.15) is 12.8 Å². The van der Waals surface area contributed by atoms with Crippen molar-refractivity contribution in [3.63, 3.8) is 0 Å². The number of piperidine rings is 1. The molecule has 28 heavy (non-hydrogen) atoms. The van der Waals surface area contributed by atoms with Gasteiger partial charge in [-0.3, -0.25) is 0 Å². The Hall–Kier alpha value is -2.07. The number of urea groups is 1. The van der Waals surface area contributed by atoms with Gasteiger partial charge in [-0.15, -0.1) is 0 Å². The Morgan fingerprint density at radius 1 is 1.21 bits per heavy atom. The minimum atomic E-state index is -3.89. The molecule has 1 unspecified atom stereocenters. The number of aromatic nitrogens is 1. The predicted molar refractivity (Wildman–Crippen MR) is 108 cm³/mol. The maximum absolute atomic E-state index is 13.0. The van der Waals surface area contributed by atoms with Crippen LogP contribution in [0.15, 0.2) is 35.4 Å². The third kappa shape index (κ3) is 4.33. The first-order chi connectivity index (χ1) is 13.3. The Bertz CT molecular complexity index is 995. The van der Waals surface area contributed by atoms with E-state index in [9.17, 15) is 18.3 Å². The fourth-order valence-corrected chi connectivity index (χ4v) is 5.43. The van der Waals surface area contributed by atoms with Crippen molar-refractivity contribution in [2.75, 3.05) is 23.7 Å². The molecule has 1 aromatic heterocycles. The molecule has 0 radical (unpaired) electrons. The molecule has 2 amide bonds. The van der Waals surface area contributed by atoms with E-state index in [1.54, 1.807) is 12.1 Å². The quantitative estimate of drug-likeness (QED) is 0.424. The normalized spacial score (nSPS) is 17.1. The Morgan fingerprint density at radius 3 is 2.64 bits per heavy atom. The van der Waals surface area contributed by atoms with Gasteiger partial charge in [0.1, 0.15) is 4.90 Å². The van der Waals surface area contributed by atoms with Crippen LogP contribution in [0.2, 0.25) is 10.2 Å². The number of hydrogen-bond acceptors (Lipinski definition) is 6. The Morgan fingerprint density at radius 2 is 1.96 bits per heavy atom. The zero-order valence-corrected chi connectivity index (χ0v) is 16.9. The van der Waals surface area contributed by atoms with Crippen LogP contribution in [0.5, 0.6) is 5.75 Å². The van der Waals surface area contributed by atoms with Gasteiger partial charge in [-0.25, -0.2) is 18.2 Å². The monoisotopic (exact) mass is 444 g/mol. The molecule has 0 aliphatic carbocycles. The van der Waals surface area contributed by atoms with Gasteiger partial charge in [-0.2, -0.15) is 0 Å². The Kier molecular flexibility index (Phi) is 6.29. The standard InChI is InChI=1S/C17H18Cl2N4O4S/c18-11-5-6-12(22-17(25)23-13-4-2-8-21-16(13)19)14(24)15(11)28(26,27)10-3-1-7-20-9-10/h2,4-6,8,10,20,24H,1,3,7,9H2,(H2,22,23,25). The smallest absolute Gasteiger partial charge is 0.323 e. The van der Waals surface area contributed by atoms with E-state index in [4.69, 9.17) is 23.2 Å². The summed E-state index contributed by atoms with van der Waals surface area (Å²) in [4.78, 5) is 15.7. The highest BCUT2D eigenvalue weighted by atomic mass is 35.5. The third-order valence-electron chi connectivity index (χ3n) is 4.31. The van der Waals surface area contributed by atoms with Crippen molar-refractivity contribution in [2.24, 2.45) is 0 Å². The summed E-state index contributed by atoms with van der Waals surface area (Å²) in [6.07, 6.45) is 2.63. The molecule has 1 aliphatic heterocycles. The second-order valence-electron chi connectivity index (χ2n) is 6.21. The molecule has 0 spiro atoms. The van der Waals surface area contributed by atoms with Gasteiger partial charge >= 0.3 is 6.03 Å². The van der Waals surface area contributed by atoms with E-state index in [2.05, 4.69) is 20.9 Å². The number of nitrogens with one attached hydrogen (secondary N) is 3. The number of anilines is 2. The number of rotatable bonds is 4. The number of pyridine rings is 1. The lowest BCUT2D eigenvalue weighted by Gasteiger charge is -2.24. The molecule has 0 bridgehead atoms. The van der Waals surface area contributed by atoms with Crippen LogP contribution in [0, 0.1) is 0 Å². The van der Waals surface area contributed by atoms with E-state index in [-0.39, 0.29) is 33.0 Å². The van der Waals surface area contributed by atoms with E-state index in [0.29, 0.717) is 12.8 Å². The first kappa shape index (κ1) is 20.7. The molecule has 4 N–H and O–H groups in total. The molecule has 8 nitrogen and oxygen atoms in total. The van der Waals surface area contributed by atoms with Crippen molar-refractivity contribution in [3.05, 3.63) is 40.6 Å². The van der Waals surface area contributed by atoms with Gasteiger partial charge in [-0.1, -0.05) is 23.2 Å². The first-order valence-electron chi connectivity index (χ1n) is 8.45. The lowest BCUT2D eigenvalue weighted by atomic mass is 10.2. The summed E-state index contributed by atoms with van der Waals surface area (Å²) < 4.78 is 25.9. The summed E-state index contributed by atoms with van der Waals surface area (Å²) in [5.74, 6) is -0.606. The molecule has 11 heteroatoms. The second kappa shape index (κ2) is 8.52. The molecule has 3 rings (SSSR count). The van der Waals surface area contributed by atoms with Gasteiger partial charge in [0.05, 0.1) is 21.6 Å². The van der Waals surface area contributed by atoms with Crippen LogP contribution in [0.25, 0.3) is 0 Å². The number of hydrogen-bond donors (Lipinski definition) is 4. The van der Waals surface area contributed by atoms with Gasteiger partial charge in [0.25, 0.3) is 0 Å². The van der Waals surface area contributed by atoms with Crippen molar-refractivity contribution < 1.29 is 18.3 Å². The molecule has 1 atom stereocenters. The summed E-state index contributed by atoms with van der Waals surface area (Å²) in [6.45, 7) is 1.01. The highest BCUT2D eigenvalue weighted by Crippen LogP contribution is 2.39. The van der Waals surface area contributed by atoms with Crippen LogP contribution >= 0.6 is 23.2 Å². The second-order valence-corrected chi connectivity index (χ2v) is 9.14. The summed E-state index contributed by atoms with van der Waals surface area (Å²) in [5, 5.41) is 17.7. The number of aromatic hydroxyl groups is 1. The fourth-order valence-electron chi connectivity index (χ4n) is 2.92. The minimum absolute atomic E-state index is 0.0889. The van der Waals surface area contributed by atoms with Crippen LogP contribution in [0.3, 0.4) is 0 Å². The number of nitrogens with zero attached hydrogens (tertiary/aromatic N) is 1. The van der Waals surface area contributed by atoms with Crippen LogP contribution in [-0.4, -0.2) is 42.9 Å². The number of benzene rings is 1. The van der Waals surface area contributed by atoms with Gasteiger partial charge in [0.2, 0.25) is 0 Å². The number of phenolic OH excluding ortho intramolecular Hbond substituents is 1. The average molecular weight is 445 g/mol. The fraction of sp³-hybridized carbons (Fsp3) is 0.294. The highest BCUT2D eigenvalue weighted by molar-refractivity contribution is 7.92. The molecule has 150 valence electrons. The zero-order valence-electron chi connectivity index (χ0n) is 14.6. The van der Waals surface area contributed by atoms with E-state index < -0.39 is 26.9 Å². The van der Waals surface area contributed by atoms with Gasteiger partial charge in [0.15, 0.2) is 20.7 Å². The summed E-state index contributed by atoms with van der Waals surface area (Å²) in [7, 11) is -3.89. The number of carbonyl (C=O) groups excluding carboxylic acids is 1. The molecular weight excluding hydrogens is 427 g/mol. The van der Waals surface area contributed by atoms with E-state index in [1.807, 2.05) is 0 Å². The summed E-state index contributed by atoms with van der Waals surface area (Å²) in [5.41, 5.74) is 0.167. The van der Waals surface area contributed by atoms with E-state index in [0.717, 1.165) is 6.54 Å². The predicted octanol–water partition coefficient (Wildman–Crippen LogP) is 3.26. The maximum atomic E-state index is 13.0. The molecule has 0 saturated carbocycles. The zero-order chi connectivity index (χ0) is 20.3. The van der Waals surface area contributed by atoms with Crippen molar-refractivity contribution >= 4 is 50.4 Å². The highest BCUT2D eigenvalue weighted by Gasteiger charge is 2.34. The first-order valence-corrected chi connectivity index (χ1v) is 10.8. The third-order valence-corrected chi connectivity index (χ3v) is 7.30. The Labute approximate surface area is 172 Å². The molecule has 2 heterocycles.